The summed E-state index contributed by atoms with van der Waals surface area (Å²) >= 11 is 6.11. The van der Waals surface area contributed by atoms with Crippen LogP contribution in [0.25, 0.3) is 11.0 Å². The Hall–Kier alpha value is -0.965. The van der Waals surface area contributed by atoms with E-state index in [0.717, 1.165) is 10.8 Å². The molecular formula is C14H16BClO3. The Kier molecular flexibility index (Phi) is 2.75. The van der Waals surface area contributed by atoms with Gasteiger partial charge in [-0.05, 0) is 45.3 Å². The Morgan fingerprint density at radius 3 is 2.26 bits per heavy atom. The highest BCUT2D eigenvalue weighted by Crippen LogP contribution is 2.37. The summed E-state index contributed by atoms with van der Waals surface area (Å²) in [5.41, 5.74) is 0.918. The zero-order valence-electron chi connectivity index (χ0n) is 11.5. The Morgan fingerprint density at radius 1 is 1.00 bits per heavy atom. The SMILES string of the molecule is CC1(C)OB(c2ccc(Cl)c3occc23)OC1(C)C. The van der Waals surface area contributed by atoms with Gasteiger partial charge in [0.2, 0.25) is 0 Å². The standard InChI is InChI=1S/C14H16BClO3/c1-13(2)14(3,4)19-15(18-13)10-5-6-11(16)12-9(10)7-8-17-12/h5-8H,1-4H3. The van der Waals surface area contributed by atoms with Gasteiger partial charge in [-0.15, -0.1) is 0 Å². The summed E-state index contributed by atoms with van der Waals surface area (Å²) in [5, 5.41) is 1.53. The predicted octanol–water partition coefficient (Wildman–Crippen LogP) is 3.39. The van der Waals surface area contributed by atoms with Crippen molar-refractivity contribution in [3.05, 3.63) is 29.5 Å². The van der Waals surface area contributed by atoms with Gasteiger partial charge in [-0.3, -0.25) is 0 Å². The number of hydrogen-bond acceptors (Lipinski definition) is 3. The second-order valence-corrected chi connectivity index (χ2v) is 6.30. The van der Waals surface area contributed by atoms with E-state index >= 15 is 0 Å². The van der Waals surface area contributed by atoms with Crippen LogP contribution < -0.4 is 5.46 Å². The molecular weight excluding hydrogens is 262 g/mol. The minimum absolute atomic E-state index is 0.354. The third kappa shape index (κ3) is 1.90. The van der Waals surface area contributed by atoms with E-state index in [-0.39, 0.29) is 11.2 Å². The summed E-state index contributed by atoms with van der Waals surface area (Å²) in [6.07, 6.45) is 1.63. The number of benzene rings is 1. The lowest BCUT2D eigenvalue weighted by Gasteiger charge is -2.32. The molecule has 1 aromatic heterocycles. The summed E-state index contributed by atoms with van der Waals surface area (Å²) in [6.45, 7) is 8.15. The first-order valence-corrected chi connectivity index (χ1v) is 6.71. The van der Waals surface area contributed by atoms with Crippen LogP contribution in [0, 0.1) is 0 Å². The van der Waals surface area contributed by atoms with Crippen LogP contribution in [0.15, 0.2) is 28.9 Å². The monoisotopic (exact) mass is 278 g/mol. The summed E-state index contributed by atoms with van der Waals surface area (Å²) in [7, 11) is -0.401. The van der Waals surface area contributed by atoms with Crippen molar-refractivity contribution in [2.24, 2.45) is 0 Å². The quantitative estimate of drug-likeness (QED) is 0.749. The fourth-order valence-electron chi connectivity index (χ4n) is 2.23. The average Bonchev–Trinajstić information content (AvgIpc) is 2.84. The molecule has 5 heteroatoms. The molecule has 0 atom stereocenters. The Bertz CT molecular complexity index is 617. The van der Waals surface area contributed by atoms with E-state index in [4.69, 9.17) is 25.3 Å². The first-order valence-electron chi connectivity index (χ1n) is 6.33. The Labute approximate surface area is 118 Å². The van der Waals surface area contributed by atoms with Gasteiger partial charge in [0.25, 0.3) is 0 Å². The molecule has 1 aliphatic rings. The molecule has 0 amide bonds. The third-order valence-corrected chi connectivity index (χ3v) is 4.41. The van der Waals surface area contributed by atoms with Gasteiger partial charge in [0.05, 0.1) is 22.5 Å². The fraction of sp³-hybridized carbons (Fsp3) is 0.429. The van der Waals surface area contributed by atoms with Crippen molar-refractivity contribution in [1.82, 2.24) is 0 Å². The molecule has 0 N–H and O–H groups in total. The number of furan rings is 1. The van der Waals surface area contributed by atoms with Crippen LogP contribution in [0.1, 0.15) is 27.7 Å². The van der Waals surface area contributed by atoms with Crippen molar-refractivity contribution < 1.29 is 13.7 Å². The molecule has 0 unspecified atom stereocenters. The predicted molar refractivity (Wildman–Crippen MR) is 76.9 cm³/mol. The Morgan fingerprint density at radius 2 is 1.63 bits per heavy atom. The minimum Gasteiger partial charge on any atom is -0.463 e. The maximum absolute atomic E-state index is 6.11. The molecule has 0 radical (unpaired) electrons. The van der Waals surface area contributed by atoms with E-state index in [1.807, 2.05) is 45.9 Å². The van der Waals surface area contributed by atoms with Gasteiger partial charge in [0, 0.05) is 5.39 Å². The largest absolute Gasteiger partial charge is 0.495 e. The van der Waals surface area contributed by atoms with Crippen molar-refractivity contribution in [2.75, 3.05) is 0 Å². The van der Waals surface area contributed by atoms with E-state index in [0.29, 0.717) is 10.6 Å². The highest BCUT2D eigenvalue weighted by Gasteiger charge is 2.52. The fourth-order valence-corrected chi connectivity index (χ4v) is 2.43. The van der Waals surface area contributed by atoms with Gasteiger partial charge >= 0.3 is 7.12 Å². The molecule has 2 heterocycles. The average molecular weight is 279 g/mol. The van der Waals surface area contributed by atoms with Crippen molar-refractivity contribution in [3.63, 3.8) is 0 Å². The molecule has 1 aliphatic heterocycles. The first kappa shape index (κ1) is 13.0. The topological polar surface area (TPSA) is 31.6 Å². The van der Waals surface area contributed by atoms with E-state index in [1.165, 1.54) is 0 Å². The summed E-state index contributed by atoms with van der Waals surface area (Å²) in [4.78, 5) is 0. The molecule has 2 aromatic rings. The van der Waals surface area contributed by atoms with Gasteiger partial charge in [-0.25, -0.2) is 0 Å². The molecule has 0 aliphatic carbocycles. The normalized spacial score (nSPS) is 21.2. The molecule has 0 bridgehead atoms. The lowest BCUT2D eigenvalue weighted by molar-refractivity contribution is 0.00578. The first-order chi connectivity index (χ1) is 8.82. The van der Waals surface area contributed by atoms with E-state index in [9.17, 15) is 0 Å². The van der Waals surface area contributed by atoms with Crippen molar-refractivity contribution >= 4 is 35.2 Å². The van der Waals surface area contributed by atoms with Gasteiger partial charge in [0.15, 0.2) is 5.58 Å². The number of fused-ring (bicyclic) bond motifs is 1. The highest BCUT2D eigenvalue weighted by molar-refractivity contribution is 6.65. The lowest BCUT2D eigenvalue weighted by atomic mass is 9.77. The van der Waals surface area contributed by atoms with Crippen molar-refractivity contribution in [3.8, 4) is 0 Å². The number of halogens is 1. The number of hydrogen-bond donors (Lipinski definition) is 0. The molecule has 3 rings (SSSR count). The number of rotatable bonds is 1. The molecule has 100 valence electrons. The van der Waals surface area contributed by atoms with Gasteiger partial charge in [-0.2, -0.15) is 0 Å². The second-order valence-electron chi connectivity index (χ2n) is 5.89. The van der Waals surface area contributed by atoms with Crippen LogP contribution in [0.3, 0.4) is 0 Å². The van der Waals surface area contributed by atoms with Crippen LogP contribution in [0.2, 0.25) is 5.02 Å². The molecule has 19 heavy (non-hydrogen) atoms. The third-order valence-electron chi connectivity index (χ3n) is 4.11. The van der Waals surface area contributed by atoms with E-state index in [2.05, 4.69) is 0 Å². The molecule has 0 spiro atoms. The molecule has 3 nitrogen and oxygen atoms in total. The second kappa shape index (κ2) is 4.01. The van der Waals surface area contributed by atoms with Crippen LogP contribution in [0.5, 0.6) is 0 Å². The van der Waals surface area contributed by atoms with Crippen LogP contribution >= 0.6 is 11.6 Å². The maximum Gasteiger partial charge on any atom is 0.495 e. The maximum atomic E-state index is 6.11. The Balaban J connectivity index is 2.08. The zero-order valence-corrected chi connectivity index (χ0v) is 12.2. The van der Waals surface area contributed by atoms with Crippen molar-refractivity contribution in [2.45, 2.75) is 38.9 Å². The molecule has 1 saturated heterocycles. The summed E-state index contributed by atoms with van der Waals surface area (Å²) in [6, 6.07) is 5.64. The van der Waals surface area contributed by atoms with Crippen molar-refractivity contribution in [1.29, 1.82) is 0 Å². The van der Waals surface area contributed by atoms with Gasteiger partial charge < -0.3 is 13.7 Å². The molecule has 0 saturated carbocycles. The van der Waals surface area contributed by atoms with E-state index in [1.54, 1.807) is 6.26 Å². The molecule has 1 aromatic carbocycles. The minimum atomic E-state index is -0.401. The molecule has 1 fully saturated rings. The highest BCUT2D eigenvalue weighted by atomic mass is 35.5. The smallest absolute Gasteiger partial charge is 0.463 e. The van der Waals surface area contributed by atoms with Gasteiger partial charge in [-0.1, -0.05) is 17.7 Å². The summed E-state index contributed by atoms with van der Waals surface area (Å²) < 4.78 is 17.5. The zero-order chi connectivity index (χ0) is 13.8. The summed E-state index contributed by atoms with van der Waals surface area (Å²) in [5.74, 6) is 0. The van der Waals surface area contributed by atoms with Gasteiger partial charge in [0.1, 0.15) is 0 Å². The lowest BCUT2D eigenvalue weighted by Crippen LogP contribution is -2.41. The van der Waals surface area contributed by atoms with Crippen LogP contribution in [0.4, 0.5) is 0 Å². The van der Waals surface area contributed by atoms with Crippen LogP contribution in [-0.2, 0) is 9.31 Å². The van der Waals surface area contributed by atoms with Crippen LogP contribution in [-0.4, -0.2) is 18.3 Å². The van der Waals surface area contributed by atoms with E-state index < -0.39 is 7.12 Å².